The third-order valence-corrected chi connectivity index (χ3v) is 4.72. The van der Waals surface area contributed by atoms with Crippen LogP contribution in [-0.4, -0.2) is 32.8 Å². The first kappa shape index (κ1) is 14.5. The predicted molar refractivity (Wildman–Crippen MR) is 81.4 cm³/mol. The Balaban J connectivity index is 2.27. The van der Waals surface area contributed by atoms with Gasteiger partial charge in [0.2, 0.25) is 0 Å². The summed E-state index contributed by atoms with van der Waals surface area (Å²) in [5, 5.41) is 4.20. The molecule has 2 rings (SSSR count). The Morgan fingerprint density at radius 2 is 2.11 bits per heavy atom. The molecule has 0 amide bonds. The highest BCUT2D eigenvalue weighted by molar-refractivity contribution is 6.33. The van der Waals surface area contributed by atoms with Crippen molar-refractivity contribution >= 4 is 17.3 Å². The molecule has 4 heteroatoms. The fourth-order valence-corrected chi connectivity index (χ4v) is 3.18. The predicted octanol–water partition coefficient (Wildman–Crippen LogP) is 3.17. The van der Waals surface area contributed by atoms with Crippen LogP contribution in [0.4, 0.5) is 5.69 Å². The molecule has 0 spiro atoms. The lowest BCUT2D eigenvalue weighted by atomic mass is 9.87. The van der Waals surface area contributed by atoms with Gasteiger partial charge in [-0.15, -0.1) is 0 Å². The van der Waals surface area contributed by atoms with Gasteiger partial charge in [-0.3, -0.25) is 0 Å². The summed E-state index contributed by atoms with van der Waals surface area (Å²) in [6.45, 7) is 5.58. The van der Waals surface area contributed by atoms with Crippen molar-refractivity contribution in [3.8, 4) is 5.75 Å². The first-order valence-corrected chi connectivity index (χ1v) is 7.23. The lowest BCUT2D eigenvalue weighted by Crippen LogP contribution is -2.52. The second kappa shape index (κ2) is 6.02. The molecule has 3 nitrogen and oxygen atoms in total. The Morgan fingerprint density at radius 3 is 2.74 bits per heavy atom. The number of hydrogen-bond acceptors (Lipinski definition) is 3. The van der Waals surface area contributed by atoms with E-state index in [4.69, 9.17) is 16.3 Å². The molecular weight excluding hydrogens is 260 g/mol. The molecule has 0 bridgehead atoms. The Hall–Kier alpha value is -0.930. The van der Waals surface area contributed by atoms with E-state index in [1.807, 2.05) is 25.2 Å². The van der Waals surface area contributed by atoms with Crippen molar-refractivity contribution in [3.05, 3.63) is 23.2 Å². The van der Waals surface area contributed by atoms with Gasteiger partial charge >= 0.3 is 0 Å². The van der Waals surface area contributed by atoms with E-state index in [9.17, 15) is 0 Å². The Bertz CT molecular complexity index is 438. The number of rotatable bonds is 3. The van der Waals surface area contributed by atoms with Crippen LogP contribution in [0.15, 0.2) is 18.2 Å². The van der Waals surface area contributed by atoms with E-state index in [-0.39, 0.29) is 0 Å². The third-order valence-electron chi connectivity index (χ3n) is 4.40. The van der Waals surface area contributed by atoms with Gasteiger partial charge in [-0.2, -0.15) is 0 Å². The number of anilines is 1. The Morgan fingerprint density at radius 1 is 1.37 bits per heavy atom. The average molecular weight is 283 g/mol. The molecule has 1 saturated heterocycles. The van der Waals surface area contributed by atoms with Gasteiger partial charge in [-0.05, 0) is 38.4 Å². The molecule has 0 radical (unpaired) electrons. The van der Waals surface area contributed by atoms with E-state index >= 15 is 0 Å². The molecule has 0 aliphatic carbocycles. The minimum absolute atomic E-state index is 0.454. The number of nitrogens with zero attached hydrogens (tertiary/aromatic N) is 1. The fourth-order valence-electron chi connectivity index (χ4n) is 2.95. The summed E-state index contributed by atoms with van der Waals surface area (Å²) in [4.78, 5) is 2.39. The van der Waals surface area contributed by atoms with E-state index in [1.54, 1.807) is 7.11 Å². The summed E-state index contributed by atoms with van der Waals surface area (Å²) >= 11 is 6.36. The molecule has 3 unspecified atom stereocenters. The maximum atomic E-state index is 6.36. The summed E-state index contributed by atoms with van der Waals surface area (Å²) in [7, 11) is 3.73. The van der Waals surface area contributed by atoms with Crippen LogP contribution in [0.1, 0.15) is 20.3 Å². The molecule has 3 atom stereocenters. The monoisotopic (exact) mass is 282 g/mol. The van der Waals surface area contributed by atoms with Crippen LogP contribution in [0.25, 0.3) is 0 Å². The quantitative estimate of drug-likeness (QED) is 0.922. The van der Waals surface area contributed by atoms with Crippen LogP contribution < -0.4 is 15.0 Å². The van der Waals surface area contributed by atoms with Crippen molar-refractivity contribution in [2.24, 2.45) is 5.92 Å². The van der Waals surface area contributed by atoms with Crippen LogP contribution in [0.3, 0.4) is 0 Å². The molecule has 106 valence electrons. The molecule has 1 aliphatic heterocycles. The molecule has 1 heterocycles. The maximum Gasteiger partial charge on any atom is 0.121 e. The normalized spacial score (nSPS) is 27.4. The van der Waals surface area contributed by atoms with Crippen LogP contribution in [0.2, 0.25) is 5.02 Å². The van der Waals surface area contributed by atoms with E-state index in [2.05, 4.69) is 24.1 Å². The molecule has 0 aromatic heterocycles. The zero-order chi connectivity index (χ0) is 14.0. The highest BCUT2D eigenvalue weighted by Crippen LogP contribution is 2.35. The molecule has 0 saturated carbocycles. The Kier molecular flexibility index (Phi) is 4.58. The van der Waals surface area contributed by atoms with Gasteiger partial charge in [-0.1, -0.05) is 18.5 Å². The molecule has 1 aliphatic rings. The summed E-state index contributed by atoms with van der Waals surface area (Å²) in [5.41, 5.74) is 1.08. The van der Waals surface area contributed by atoms with Crippen molar-refractivity contribution in [1.29, 1.82) is 0 Å². The van der Waals surface area contributed by atoms with Crippen LogP contribution in [-0.2, 0) is 0 Å². The lowest BCUT2D eigenvalue weighted by molar-refractivity contribution is 0.282. The van der Waals surface area contributed by atoms with Gasteiger partial charge in [0, 0.05) is 24.7 Å². The van der Waals surface area contributed by atoms with Crippen molar-refractivity contribution in [2.45, 2.75) is 32.4 Å². The second-order valence-electron chi connectivity index (χ2n) is 5.29. The molecular formula is C15H23ClN2O. The van der Waals surface area contributed by atoms with Crippen LogP contribution in [0.5, 0.6) is 5.75 Å². The standard InChI is InChI=1S/C15H23ClN2O/c1-10-11(2)18(8-7-14(10)17-3)15-9-12(19-4)5-6-13(15)16/h5-6,9-11,14,17H,7-8H2,1-4H3. The van der Waals surface area contributed by atoms with Gasteiger partial charge in [0.1, 0.15) is 5.75 Å². The summed E-state index contributed by atoms with van der Waals surface area (Å²) in [6, 6.07) is 6.88. The summed E-state index contributed by atoms with van der Waals surface area (Å²) in [5.74, 6) is 1.44. The minimum atomic E-state index is 0.454. The van der Waals surface area contributed by atoms with Gasteiger partial charge in [0.05, 0.1) is 17.8 Å². The first-order valence-electron chi connectivity index (χ1n) is 6.86. The van der Waals surface area contributed by atoms with Crippen molar-refractivity contribution < 1.29 is 4.74 Å². The van der Waals surface area contributed by atoms with Gasteiger partial charge in [0.25, 0.3) is 0 Å². The second-order valence-corrected chi connectivity index (χ2v) is 5.70. The molecule has 1 N–H and O–H groups in total. The summed E-state index contributed by atoms with van der Waals surface area (Å²) < 4.78 is 5.31. The van der Waals surface area contributed by atoms with Crippen LogP contribution in [0, 0.1) is 5.92 Å². The number of hydrogen-bond donors (Lipinski definition) is 1. The zero-order valence-electron chi connectivity index (χ0n) is 12.1. The number of methoxy groups -OCH3 is 1. The van der Waals surface area contributed by atoms with Crippen molar-refractivity contribution in [2.75, 3.05) is 25.6 Å². The van der Waals surface area contributed by atoms with Crippen LogP contribution >= 0.6 is 11.6 Å². The van der Waals surface area contributed by atoms with E-state index in [0.29, 0.717) is 18.0 Å². The summed E-state index contributed by atoms with van der Waals surface area (Å²) in [6.07, 6.45) is 1.13. The smallest absolute Gasteiger partial charge is 0.121 e. The fraction of sp³-hybridized carbons (Fsp3) is 0.600. The topological polar surface area (TPSA) is 24.5 Å². The molecule has 1 aromatic carbocycles. The minimum Gasteiger partial charge on any atom is -0.497 e. The SMILES string of the molecule is CNC1CCN(c2cc(OC)ccc2Cl)C(C)C1C. The number of ether oxygens (including phenoxy) is 1. The molecule has 1 fully saturated rings. The van der Waals surface area contributed by atoms with Crippen molar-refractivity contribution in [3.63, 3.8) is 0 Å². The first-order chi connectivity index (χ1) is 9.08. The third kappa shape index (κ3) is 2.82. The number of benzene rings is 1. The number of piperidine rings is 1. The Labute approximate surface area is 120 Å². The maximum absolute atomic E-state index is 6.36. The molecule has 19 heavy (non-hydrogen) atoms. The molecule has 1 aromatic rings. The van der Waals surface area contributed by atoms with E-state index in [1.165, 1.54) is 0 Å². The van der Waals surface area contributed by atoms with Gasteiger partial charge in [0.15, 0.2) is 0 Å². The van der Waals surface area contributed by atoms with E-state index in [0.717, 1.165) is 29.4 Å². The average Bonchev–Trinajstić information content (AvgIpc) is 2.43. The van der Waals surface area contributed by atoms with Gasteiger partial charge < -0.3 is 15.0 Å². The lowest BCUT2D eigenvalue weighted by Gasteiger charge is -2.44. The number of halogens is 1. The van der Waals surface area contributed by atoms with Crippen molar-refractivity contribution in [1.82, 2.24) is 5.32 Å². The highest BCUT2D eigenvalue weighted by Gasteiger charge is 2.32. The largest absolute Gasteiger partial charge is 0.497 e. The van der Waals surface area contributed by atoms with Gasteiger partial charge in [-0.25, -0.2) is 0 Å². The zero-order valence-corrected chi connectivity index (χ0v) is 12.9. The number of nitrogens with one attached hydrogen (secondary N) is 1. The highest BCUT2D eigenvalue weighted by atomic mass is 35.5. The van der Waals surface area contributed by atoms with E-state index < -0.39 is 0 Å².